The summed E-state index contributed by atoms with van der Waals surface area (Å²) < 4.78 is 5.04. The number of amides is 1. The third kappa shape index (κ3) is 4.81. The van der Waals surface area contributed by atoms with E-state index in [1.807, 2.05) is 13.8 Å². The summed E-state index contributed by atoms with van der Waals surface area (Å²) in [6.07, 6.45) is 1.24. The van der Waals surface area contributed by atoms with Crippen molar-refractivity contribution in [3.8, 4) is 0 Å². The fourth-order valence-electron chi connectivity index (χ4n) is 2.63. The summed E-state index contributed by atoms with van der Waals surface area (Å²) in [7, 11) is 0. The Balaban J connectivity index is 1.76. The minimum atomic E-state index is -0.155. The van der Waals surface area contributed by atoms with Crippen molar-refractivity contribution in [2.45, 2.75) is 40.2 Å². The highest BCUT2D eigenvalue weighted by Crippen LogP contribution is 2.12. The molecule has 0 radical (unpaired) electrons. The van der Waals surface area contributed by atoms with Crippen LogP contribution in [0.25, 0.3) is 0 Å². The molecular weight excluding hydrogens is 280 g/mol. The van der Waals surface area contributed by atoms with Crippen LogP contribution in [-0.4, -0.2) is 59.6 Å². The number of rotatable bonds is 6. The Morgan fingerprint density at radius 1 is 1.32 bits per heavy atom. The number of piperazine rings is 1. The molecule has 1 fully saturated rings. The van der Waals surface area contributed by atoms with Crippen LogP contribution in [0.15, 0.2) is 10.6 Å². The molecule has 0 aromatic carbocycles. The van der Waals surface area contributed by atoms with E-state index in [1.165, 1.54) is 6.42 Å². The molecule has 1 N–H and O–H groups in total. The van der Waals surface area contributed by atoms with Gasteiger partial charge in [-0.25, -0.2) is 0 Å². The molecule has 0 bridgehead atoms. The number of nitrogens with zero attached hydrogens (tertiary/aromatic N) is 3. The lowest BCUT2D eigenvalue weighted by Gasteiger charge is -2.37. The van der Waals surface area contributed by atoms with Crippen LogP contribution in [0.2, 0.25) is 0 Å². The summed E-state index contributed by atoms with van der Waals surface area (Å²) in [5, 5.41) is 6.56. The van der Waals surface area contributed by atoms with Gasteiger partial charge in [0, 0.05) is 32.2 Å². The number of aryl methyl sites for hydroxylation is 1. The Morgan fingerprint density at radius 3 is 2.55 bits per heavy atom. The Bertz CT molecular complexity index is 478. The second-order valence-electron chi connectivity index (χ2n) is 6.56. The Kier molecular flexibility index (Phi) is 5.97. The maximum Gasteiger partial charge on any atom is 0.243 e. The van der Waals surface area contributed by atoms with E-state index in [9.17, 15) is 4.79 Å². The Morgan fingerprint density at radius 2 is 2.00 bits per heavy atom. The van der Waals surface area contributed by atoms with Crippen LogP contribution in [0.1, 0.15) is 32.9 Å². The molecule has 22 heavy (non-hydrogen) atoms. The molecule has 0 unspecified atom stereocenters. The molecule has 2 heterocycles. The monoisotopic (exact) mass is 308 g/mol. The first-order valence-corrected chi connectivity index (χ1v) is 8.16. The number of anilines is 1. The van der Waals surface area contributed by atoms with Gasteiger partial charge in [-0.15, -0.1) is 0 Å². The normalized spacial score (nSPS) is 18.6. The second-order valence-corrected chi connectivity index (χ2v) is 6.56. The maximum atomic E-state index is 12.3. The van der Waals surface area contributed by atoms with Gasteiger partial charge in [-0.1, -0.05) is 19.0 Å². The maximum absolute atomic E-state index is 12.3. The van der Waals surface area contributed by atoms with Crippen LogP contribution in [-0.2, 0) is 4.79 Å². The van der Waals surface area contributed by atoms with Gasteiger partial charge in [0.15, 0.2) is 0 Å². The molecule has 0 aliphatic carbocycles. The predicted octanol–water partition coefficient (Wildman–Crippen LogP) is 1.97. The van der Waals surface area contributed by atoms with E-state index in [1.54, 1.807) is 6.07 Å². The highest BCUT2D eigenvalue weighted by molar-refractivity contribution is 5.93. The van der Waals surface area contributed by atoms with Crippen molar-refractivity contribution in [2.75, 3.05) is 38.0 Å². The topological polar surface area (TPSA) is 61.6 Å². The van der Waals surface area contributed by atoms with Crippen molar-refractivity contribution in [1.82, 2.24) is 15.0 Å². The van der Waals surface area contributed by atoms with Crippen molar-refractivity contribution < 1.29 is 9.32 Å². The van der Waals surface area contributed by atoms with Crippen molar-refractivity contribution in [3.63, 3.8) is 0 Å². The average Bonchev–Trinajstić information content (AvgIpc) is 2.90. The van der Waals surface area contributed by atoms with E-state index >= 15 is 0 Å². The zero-order chi connectivity index (χ0) is 16.1. The highest BCUT2D eigenvalue weighted by atomic mass is 16.5. The molecule has 2 rings (SSSR count). The van der Waals surface area contributed by atoms with Gasteiger partial charge >= 0.3 is 0 Å². The molecule has 1 aliphatic heterocycles. The SMILES string of the molecule is Cc1cc(NC(=O)[C@@H](C)N2CCN(CCC(C)C)CC2)on1. The average molecular weight is 308 g/mol. The first-order valence-electron chi connectivity index (χ1n) is 8.16. The van der Waals surface area contributed by atoms with E-state index in [0.29, 0.717) is 5.88 Å². The van der Waals surface area contributed by atoms with Crippen LogP contribution in [0.5, 0.6) is 0 Å². The third-order valence-electron chi connectivity index (χ3n) is 4.23. The lowest BCUT2D eigenvalue weighted by atomic mass is 10.1. The molecule has 6 nitrogen and oxygen atoms in total. The molecule has 1 aromatic rings. The highest BCUT2D eigenvalue weighted by Gasteiger charge is 2.26. The molecular formula is C16H28N4O2. The Hall–Kier alpha value is -1.40. The molecule has 124 valence electrons. The summed E-state index contributed by atoms with van der Waals surface area (Å²) in [6.45, 7) is 13.4. The largest absolute Gasteiger partial charge is 0.338 e. The first kappa shape index (κ1) is 17.0. The summed E-state index contributed by atoms with van der Waals surface area (Å²) in [5.41, 5.74) is 0.765. The summed E-state index contributed by atoms with van der Waals surface area (Å²) in [4.78, 5) is 17.0. The van der Waals surface area contributed by atoms with Gasteiger partial charge in [0.25, 0.3) is 0 Å². The van der Waals surface area contributed by atoms with E-state index in [4.69, 9.17) is 4.52 Å². The molecule has 0 spiro atoms. The molecule has 0 saturated carbocycles. The number of carbonyl (C=O) groups is 1. The van der Waals surface area contributed by atoms with E-state index < -0.39 is 0 Å². The zero-order valence-corrected chi connectivity index (χ0v) is 14.1. The molecule has 1 atom stereocenters. The van der Waals surface area contributed by atoms with E-state index in [2.05, 4.69) is 34.1 Å². The van der Waals surface area contributed by atoms with Crippen LogP contribution >= 0.6 is 0 Å². The molecule has 6 heteroatoms. The van der Waals surface area contributed by atoms with Gasteiger partial charge in [0.1, 0.15) is 0 Å². The Labute approximate surface area is 132 Å². The van der Waals surface area contributed by atoms with Gasteiger partial charge in [0.05, 0.1) is 11.7 Å². The number of hydrogen-bond donors (Lipinski definition) is 1. The third-order valence-corrected chi connectivity index (χ3v) is 4.23. The minimum absolute atomic E-state index is 0.0354. The van der Waals surface area contributed by atoms with E-state index in [0.717, 1.165) is 44.3 Å². The second kappa shape index (κ2) is 7.74. The molecule has 1 aliphatic rings. The quantitative estimate of drug-likeness (QED) is 0.870. The van der Waals surface area contributed by atoms with Gasteiger partial charge in [-0.05, 0) is 32.7 Å². The van der Waals surface area contributed by atoms with Gasteiger partial charge in [-0.2, -0.15) is 0 Å². The van der Waals surface area contributed by atoms with Gasteiger partial charge in [0.2, 0.25) is 11.8 Å². The van der Waals surface area contributed by atoms with Crippen LogP contribution in [0.4, 0.5) is 5.88 Å². The van der Waals surface area contributed by atoms with Crippen LogP contribution < -0.4 is 5.32 Å². The molecule has 1 amide bonds. The zero-order valence-electron chi connectivity index (χ0n) is 14.1. The minimum Gasteiger partial charge on any atom is -0.338 e. The smallest absolute Gasteiger partial charge is 0.243 e. The fourth-order valence-corrected chi connectivity index (χ4v) is 2.63. The summed E-state index contributed by atoms with van der Waals surface area (Å²) in [5.74, 6) is 1.13. The van der Waals surface area contributed by atoms with Gasteiger partial charge < -0.3 is 9.42 Å². The fraction of sp³-hybridized carbons (Fsp3) is 0.750. The van der Waals surface area contributed by atoms with Crippen molar-refractivity contribution in [3.05, 3.63) is 11.8 Å². The first-order chi connectivity index (χ1) is 10.5. The lowest BCUT2D eigenvalue weighted by Crippen LogP contribution is -2.52. The molecule has 1 aromatic heterocycles. The van der Waals surface area contributed by atoms with Crippen LogP contribution in [0, 0.1) is 12.8 Å². The van der Waals surface area contributed by atoms with Crippen molar-refractivity contribution >= 4 is 11.8 Å². The lowest BCUT2D eigenvalue weighted by molar-refractivity contribution is -0.121. The number of carbonyl (C=O) groups excluding carboxylic acids is 1. The van der Waals surface area contributed by atoms with Crippen molar-refractivity contribution in [1.29, 1.82) is 0 Å². The molecule has 1 saturated heterocycles. The standard InChI is InChI=1S/C16H28N4O2/c1-12(2)5-6-19-7-9-20(10-8-19)14(4)16(21)17-15-11-13(3)18-22-15/h11-12,14H,5-10H2,1-4H3,(H,17,21)/t14-/m1/s1. The number of nitrogens with one attached hydrogen (secondary N) is 1. The van der Waals surface area contributed by atoms with Crippen LogP contribution in [0.3, 0.4) is 0 Å². The van der Waals surface area contributed by atoms with Gasteiger partial charge in [-0.3, -0.25) is 15.0 Å². The van der Waals surface area contributed by atoms with Crippen molar-refractivity contribution in [2.24, 2.45) is 5.92 Å². The van der Waals surface area contributed by atoms with E-state index in [-0.39, 0.29) is 11.9 Å². The summed E-state index contributed by atoms with van der Waals surface area (Å²) >= 11 is 0. The number of aromatic nitrogens is 1. The predicted molar refractivity (Wildman–Crippen MR) is 86.8 cm³/mol. The summed E-state index contributed by atoms with van der Waals surface area (Å²) in [6, 6.07) is 1.58. The number of hydrogen-bond acceptors (Lipinski definition) is 5.